The van der Waals surface area contributed by atoms with Gasteiger partial charge in [0.05, 0.1) is 11.4 Å². The van der Waals surface area contributed by atoms with Crippen LogP contribution in [0.5, 0.6) is 0 Å². The van der Waals surface area contributed by atoms with E-state index >= 15 is 0 Å². The SMILES string of the molecule is CCC1=C(C)c2cc3[nH]c(cc4nc(c(C)c5cc(C)c(cc1n2)[nH]5)C[C@@H]4C)c(C)c3CC. The van der Waals surface area contributed by atoms with E-state index in [-0.39, 0.29) is 0 Å². The van der Waals surface area contributed by atoms with E-state index in [2.05, 4.69) is 82.7 Å². The van der Waals surface area contributed by atoms with Crippen molar-refractivity contribution in [2.45, 2.75) is 73.6 Å². The fraction of sp³-hybridized carbons (Fsp3) is 0.379. The Morgan fingerprint density at radius 1 is 0.788 bits per heavy atom. The molecule has 0 spiro atoms. The summed E-state index contributed by atoms with van der Waals surface area (Å²) in [6.45, 7) is 15.5. The number of nitrogens with one attached hydrogen (secondary N) is 2. The minimum Gasteiger partial charge on any atom is -0.355 e. The van der Waals surface area contributed by atoms with Crippen molar-refractivity contribution in [3.8, 4) is 0 Å². The quantitative estimate of drug-likeness (QED) is 0.435. The zero-order valence-corrected chi connectivity index (χ0v) is 20.9. The largest absolute Gasteiger partial charge is 0.355 e. The number of aromatic amines is 2. The third kappa shape index (κ3) is 3.52. The van der Waals surface area contributed by atoms with Crippen LogP contribution in [-0.4, -0.2) is 19.9 Å². The number of aryl methyl sites for hydroxylation is 4. The molecule has 1 atom stereocenters. The van der Waals surface area contributed by atoms with Crippen LogP contribution in [0.4, 0.5) is 0 Å². The summed E-state index contributed by atoms with van der Waals surface area (Å²) in [7, 11) is 0. The summed E-state index contributed by atoms with van der Waals surface area (Å²) in [5.74, 6) is 0.404. The summed E-state index contributed by atoms with van der Waals surface area (Å²) in [4.78, 5) is 17.6. The molecule has 0 radical (unpaired) electrons. The van der Waals surface area contributed by atoms with Gasteiger partial charge in [-0.1, -0.05) is 20.8 Å². The Morgan fingerprint density at radius 3 is 2.21 bits per heavy atom. The molecule has 2 N–H and O–H groups in total. The molecule has 0 unspecified atom stereocenters. The van der Waals surface area contributed by atoms with Crippen LogP contribution in [0.1, 0.15) is 85.1 Å². The van der Waals surface area contributed by atoms with Crippen molar-refractivity contribution in [2.24, 2.45) is 0 Å². The molecule has 5 heterocycles. The predicted molar refractivity (Wildman–Crippen MR) is 139 cm³/mol. The van der Waals surface area contributed by atoms with Crippen molar-refractivity contribution < 1.29 is 0 Å². The Kier molecular flexibility index (Phi) is 5.27. The van der Waals surface area contributed by atoms with Gasteiger partial charge in [0.25, 0.3) is 0 Å². The number of nitrogens with zero attached hydrogens (tertiary/aromatic N) is 2. The number of aromatic nitrogens is 4. The van der Waals surface area contributed by atoms with Crippen LogP contribution in [-0.2, 0) is 12.8 Å². The van der Waals surface area contributed by atoms with Gasteiger partial charge >= 0.3 is 0 Å². The number of rotatable bonds is 2. The second-order valence-corrected chi connectivity index (χ2v) is 9.68. The molecule has 2 aliphatic rings. The molecule has 33 heavy (non-hydrogen) atoms. The summed E-state index contributed by atoms with van der Waals surface area (Å²) in [6.07, 6.45) is 2.92. The second-order valence-electron chi connectivity index (χ2n) is 9.68. The van der Waals surface area contributed by atoms with E-state index in [0.29, 0.717) is 5.92 Å². The van der Waals surface area contributed by atoms with Crippen molar-refractivity contribution in [1.82, 2.24) is 19.9 Å². The Morgan fingerprint density at radius 2 is 1.48 bits per heavy atom. The Balaban J connectivity index is 1.97. The maximum absolute atomic E-state index is 5.10. The molecule has 0 saturated heterocycles. The molecule has 3 aromatic heterocycles. The molecule has 0 aromatic carbocycles. The minimum atomic E-state index is 0.404. The van der Waals surface area contributed by atoms with Crippen LogP contribution in [0.3, 0.4) is 0 Å². The maximum Gasteiger partial charge on any atom is 0.0693 e. The van der Waals surface area contributed by atoms with Gasteiger partial charge in [-0.15, -0.1) is 0 Å². The van der Waals surface area contributed by atoms with Gasteiger partial charge in [0.15, 0.2) is 0 Å². The van der Waals surface area contributed by atoms with Crippen LogP contribution in [0.15, 0.2) is 24.3 Å². The fourth-order valence-corrected chi connectivity index (χ4v) is 5.36. The summed E-state index contributed by atoms with van der Waals surface area (Å²) in [5.41, 5.74) is 16.8. The number of hydrogen-bond donors (Lipinski definition) is 2. The van der Waals surface area contributed by atoms with Crippen molar-refractivity contribution in [3.63, 3.8) is 0 Å². The van der Waals surface area contributed by atoms with E-state index in [4.69, 9.17) is 9.97 Å². The van der Waals surface area contributed by atoms with Gasteiger partial charge < -0.3 is 9.97 Å². The fourth-order valence-electron chi connectivity index (χ4n) is 5.36. The molecule has 3 aromatic rings. The monoisotopic (exact) mass is 438 g/mol. The molecule has 5 rings (SSSR count). The van der Waals surface area contributed by atoms with Gasteiger partial charge in [0, 0.05) is 39.4 Å². The molecular weight excluding hydrogens is 404 g/mol. The number of fused-ring (bicyclic) bond motifs is 8. The smallest absolute Gasteiger partial charge is 0.0693 e. The molecule has 8 bridgehead atoms. The van der Waals surface area contributed by atoms with Gasteiger partial charge in [-0.25, -0.2) is 4.98 Å². The highest BCUT2D eigenvalue weighted by Gasteiger charge is 2.20. The molecule has 4 heteroatoms. The van der Waals surface area contributed by atoms with Crippen molar-refractivity contribution >= 4 is 33.2 Å². The van der Waals surface area contributed by atoms with Crippen molar-refractivity contribution in [1.29, 1.82) is 0 Å². The van der Waals surface area contributed by atoms with Gasteiger partial charge in [-0.05, 0) is 105 Å². The second kappa shape index (κ2) is 8.02. The van der Waals surface area contributed by atoms with Gasteiger partial charge in [-0.3, -0.25) is 4.98 Å². The first kappa shape index (κ1) is 21.7. The average molecular weight is 439 g/mol. The van der Waals surface area contributed by atoms with Crippen molar-refractivity contribution in [3.05, 3.63) is 69.3 Å². The predicted octanol–water partition coefficient (Wildman–Crippen LogP) is 7.49. The van der Waals surface area contributed by atoms with E-state index in [9.17, 15) is 0 Å². The van der Waals surface area contributed by atoms with Gasteiger partial charge in [0.2, 0.25) is 0 Å². The Labute approximate surface area is 196 Å². The first-order valence-corrected chi connectivity index (χ1v) is 12.2. The first-order chi connectivity index (χ1) is 15.8. The Hall–Kier alpha value is -3.14. The third-order valence-corrected chi connectivity index (χ3v) is 7.56. The zero-order valence-electron chi connectivity index (χ0n) is 20.9. The highest BCUT2D eigenvalue weighted by molar-refractivity contribution is 5.92. The van der Waals surface area contributed by atoms with E-state index in [1.54, 1.807) is 0 Å². The standard InChI is InChI=1S/C29H34N4/c1-8-20-18(6)27-14-29-21(9-2)17(5)26(32-29)12-22-15(3)10-24(30-22)19(7)25-11-16(4)23(31-25)13-28(20)33-27/h11-15,31-32H,8-10H2,1-7H3/t15-/m0/s1. The summed E-state index contributed by atoms with van der Waals surface area (Å²) in [5, 5.41) is 0. The normalized spacial score (nSPS) is 16.0. The van der Waals surface area contributed by atoms with E-state index < -0.39 is 0 Å². The molecular formula is C29H34N4. The molecule has 4 nitrogen and oxygen atoms in total. The maximum atomic E-state index is 5.10. The molecule has 170 valence electrons. The van der Waals surface area contributed by atoms with Crippen LogP contribution in [0, 0.1) is 20.8 Å². The minimum absolute atomic E-state index is 0.404. The average Bonchev–Trinajstić information content (AvgIpc) is 3.49. The van der Waals surface area contributed by atoms with E-state index in [0.717, 1.165) is 47.4 Å². The molecule has 0 amide bonds. The number of allylic oxidation sites excluding steroid dienone is 2. The lowest BCUT2D eigenvalue weighted by Gasteiger charge is -2.00. The van der Waals surface area contributed by atoms with Gasteiger partial charge in [-0.2, -0.15) is 0 Å². The Bertz CT molecular complexity index is 1460. The van der Waals surface area contributed by atoms with Gasteiger partial charge in [0.1, 0.15) is 0 Å². The van der Waals surface area contributed by atoms with E-state index in [1.165, 1.54) is 50.1 Å². The molecule has 2 aliphatic heterocycles. The lowest BCUT2D eigenvalue weighted by Crippen LogP contribution is -1.90. The van der Waals surface area contributed by atoms with Crippen LogP contribution < -0.4 is 0 Å². The van der Waals surface area contributed by atoms with Crippen LogP contribution in [0.25, 0.3) is 33.2 Å². The highest BCUT2D eigenvalue weighted by Crippen LogP contribution is 2.34. The summed E-state index contributed by atoms with van der Waals surface area (Å²) >= 11 is 0. The lowest BCUT2D eigenvalue weighted by atomic mass is 10.0. The number of H-pyrrole nitrogens is 2. The molecule has 0 fully saturated rings. The molecule has 0 aliphatic carbocycles. The molecule has 0 saturated carbocycles. The summed E-state index contributed by atoms with van der Waals surface area (Å²) in [6, 6.07) is 8.97. The van der Waals surface area contributed by atoms with E-state index in [1.807, 2.05) is 0 Å². The van der Waals surface area contributed by atoms with Crippen molar-refractivity contribution in [2.75, 3.05) is 0 Å². The summed E-state index contributed by atoms with van der Waals surface area (Å²) < 4.78 is 0. The number of hydrogen-bond acceptors (Lipinski definition) is 2. The zero-order chi connectivity index (χ0) is 23.4. The highest BCUT2D eigenvalue weighted by atomic mass is 14.8. The van der Waals surface area contributed by atoms with Crippen LogP contribution in [0.2, 0.25) is 0 Å². The lowest BCUT2D eigenvalue weighted by molar-refractivity contribution is 0.794. The first-order valence-electron chi connectivity index (χ1n) is 12.2. The third-order valence-electron chi connectivity index (χ3n) is 7.56. The topological polar surface area (TPSA) is 57.4 Å². The van der Waals surface area contributed by atoms with Crippen LogP contribution >= 0.6 is 0 Å².